The summed E-state index contributed by atoms with van der Waals surface area (Å²) in [5.74, 6) is 0. The maximum Gasteiger partial charge on any atom is 0.0925 e. The molecule has 0 aliphatic carbocycles. The number of rotatable bonds is 5. The van der Waals surface area contributed by atoms with Crippen LogP contribution in [0.1, 0.15) is 17.4 Å². The molecule has 4 nitrogen and oxygen atoms in total. The Kier molecular flexibility index (Phi) is 4.18. The number of aliphatic hydroxyl groups excluding tert-OH is 1. The molecular formula is C13H15N3O. The van der Waals surface area contributed by atoms with Gasteiger partial charge in [0.05, 0.1) is 24.0 Å². The average Bonchev–Trinajstić information content (AvgIpc) is 2.42. The normalized spacial score (nSPS) is 10.7. The van der Waals surface area contributed by atoms with Crippen LogP contribution in [0.3, 0.4) is 0 Å². The summed E-state index contributed by atoms with van der Waals surface area (Å²) in [6, 6.07) is 11.5. The van der Waals surface area contributed by atoms with Crippen LogP contribution in [0.4, 0.5) is 0 Å². The van der Waals surface area contributed by atoms with E-state index < -0.39 is 0 Å². The summed E-state index contributed by atoms with van der Waals surface area (Å²) in [4.78, 5) is 8.65. The van der Waals surface area contributed by atoms with Crippen LogP contribution in [0.25, 0.3) is 0 Å². The number of nitrogens with one attached hydrogen (secondary N) is 1. The second kappa shape index (κ2) is 6.08. The Balaban J connectivity index is 2.26. The van der Waals surface area contributed by atoms with Gasteiger partial charge >= 0.3 is 0 Å². The molecule has 2 heterocycles. The number of pyridine rings is 2. The van der Waals surface area contributed by atoms with E-state index in [0.29, 0.717) is 6.54 Å². The minimum absolute atomic E-state index is 0.0791. The van der Waals surface area contributed by atoms with Crippen LogP contribution in [-0.4, -0.2) is 28.2 Å². The van der Waals surface area contributed by atoms with Crippen LogP contribution in [0.15, 0.2) is 48.8 Å². The summed E-state index contributed by atoms with van der Waals surface area (Å²) < 4.78 is 0. The zero-order valence-corrected chi connectivity index (χ0v) is 9.45. The van der Waals surface area contributed by atoms with E-state index in [2.05, 4.69) is 15.3 Å². The Morgan fingerprint density at radius 1 is 1.00 bits per heavy atom. The molecule has 0 aliphatic heterocycles. The molecule has 17 heavy (non-hydrogen) atoms. The Morgan fingerprint density at radius 3 is 2.00 bits per heavy atom. The van der Waals surface area contributed by atoms with Gasteiger partial charge in [-0.05, 0) is 24.3 Å². The summed E-state index contributed by atoms with van der Waals surface area (Å²) in [6.45, 7) is 0.605. The lowest BCUT2D eigenvalue weighted by Gasteiger charge is -2.16. The van der Waals surface area contributed by atoms with E-state index in [4.69, 9.17) is 5.11 Å². The van der Waals surface area contributed by atoms with Crippen molar-refractivity contribution in [3.05, 3.63) is 60.2 Å². The van der Waals surface area contributed by atoms with E-state index >= 15 is 0 Å². The highest BCUT2D eigenvalue weighted by Gasteiger charge is 2.14. The van der Waals surface area contributed by atoms with E-state index in [0.717, 1.165) is 11.4 Å². The van der Waals surface area contributed by atoms with Crippen molar-refractivity contribution in [1.82, 2.24) is 15.3 Å². The lowest BCUT2D eigenvalue weighted by molar-refractivity contribution is 0.287. The first-order chi connectivity index (χ1) is 8.42. The van der Waals surface area contributed by atoms with E-state index in [1.807, 2.05) is 36.4 Å². The molecule has 0 unspecified atom stereocenters. The van der Waals surface area contributed by atoms with Gasteiger partial charge in [0.25, 0.3) is 0 Å². The third-order valence-corrected chi connectivity index (χ3v) is 2.43. The summed E-state index contributed by atoms with van der Waals surface area (Å²) in [5, 5.41) is 12.1. The molecule has 2 N–H and O–H groups in total. The van der Waals surface area contributed by atoms with E-state index in [1.54, 1.807) is 12.4 Å². The highest BCUT2D eigenvalue weighted by molar-refractivity contribution is 5.21. The maximum absolute atomic E-state index is 8.91. The second-order valence-corrected chi connectivity index (χ2v) is 3.62. The highest BCUT2D eigenvalue weighted by Crippen LogP contribution is 2.17. The quantitative estimate of drug-likeness (QED) is 0.807. The smallest absolute Gasteiger partial charge is 0.0925 e. The Hall–Kier alpha value is -1.78. The van der Waals surface area contributed by atoms with Crippen LogP contribution in [0, 0.1) is 0 Å². The van der Waals surface area contributed by atoms with Crippen LogP contribution in [0.5, 0.6) is 0 Å². The van der Waals surface area contributed by atoms with E-state index in [9.17, 15) is 0 Å². The lowest BCUT2D eigenvalue weighted by Crippen LogP contribution is -2.26. The molecule has 0 saturated heterocycles. The summed E-state index contributed by atoms with van der Waals surface area (Å²) in [5.41, 5.74) is 1.80. The zero-order chi connectivity index (χ0) is 11.9. The lowest BCUT2D eigenvalue weighted by atomic mass is 10.1. The van der Waals surface area contributed by atoms with Gasteiger partial charge in [-0.15, -0.1) is 0 Å². The molecule has 0 bridgehead atoms. The molecular weight excluding hydrogens is 214 g/mol. The molecule has 0 atom stereocenters. The van der Waals surface area contributed by atoms with Crippen LogP contribution in [-0.2, 0) is 0 Å². The molecule has 88 valence electrons. The van der Waals surface area contributed by atoms with Crippen molar-refractivity contribution >= 4 is 0 Å². The van der Waals surface area contributed by atoms with E-state index in [-0.39, 0.29) is 12.6 Å². The molecule has 0 amide bonds. The fourth-order valence-electron chi connectivity index (χ4n) is 1.66. The zero-order valence-electron chi connectivity index (χ0n) is 9.45. The maximum atomic E-state index is 8.91. The summed E-state index contributed by atoms with van der Waals surface area (Å²) in [6.07, 6.45) is 3.51. The number of aromatic nitrogens is 2. The second-order valence-electron chi connectivity index (χ2n) is 3.62. The van der Waals surface area contributed by atoms with Gasteiger partial charge in [0.15, 0.2) is 0 Å². The Morgan fingerprint density at radius 2 is 1.59 bits per heavy atom. The predicted octanol–water partition coefficient (Wildman–Crippen LogP) is 1.15. The van der Waals surface area contributed by atoms with Crippen molar-refractivity contribution in [2.75, 3.05) is 13.2 Å². The number of nitrogens with zero attached hydrogens (tertiary/aromatic N) is 2. The predicted molar refractivity (Wildman–Crippen MR) is 65.4 cm³/mol. The van der Waals surface area contributed by atoms with Crippen molar-refractivity contribution in [3.63, 3.8) is 0 Å². The largest absolute Gasteiger partial charge is 0.395 e. The third-order valence-electron chi connectivity index (χ3n) is 2.43. The van der Waals surface area contributed by atoms with Gasteiger partial charge in [0.2, 0.25) is 0 Å². The number of aliphatic hydroxyl groups is 1. The standard InChI is InChI=1S/C13H15N3O/c17-10-9-16-13(11-5-1-3-7-14-11)12-6-2-4-8-15-12/h1-8,13,16-17H,9-10H2. The van der Waals surface area contributed by atoms with Crippen LogP contribution >= 0.6 is 0 Å². The van der Waals surface area contributed by atoms with Crippen molar-refractivity contribution in [3.8, 4) is 0 Å². The average molecular weight is 229 g/mol. The van der Waals surface area contributed by atoms with Crippen LogP contribution in [0.2, 0.25) is 0 Å². The van der Waals surface area contributed by atoms with Gasteiger partial charge in [-0.1, -0.05) is 12.1 Å². The molecule has 0 fully saturated rings. The Labute approximate surface area is 100 Å². The van der Waals surface area contributed by atoms with Gasteiger partial charge in [0.1, 0.15) is 0 Å². The first kappa shape index (κ1) is 11.7. The van der Waals surface area contributed by atoms with Gasteiger partial charge < -0.3 is 10.4 Å². The van der Waals surface area contributed by atoms with Crippen molar-refractivity contribution in [2.45, 2.75) is 6.04 Å². The van der Waals surface area contributed by atoms with Gasteiger partial charge in [-0.2, -0.15) is 0 Å². The fourth-order valence-corrected chi connectivity index (χ4v) is 1.66. The molecule has 2 aromatic rings. The Bertz CT molecular complexity index is 393. The molecule has 0 aliphatic rings. The molecule has 2 aromatic heterocycles. The number of hydrogen-bond donors (Lipinski definition) is 2. The van der Waals surface area contributed by atoms with Crippen molar-refractivity contribution in [1.29, 1.82) is 0 Å². The number of hydrogen-bond acceptors (Lipinski definition) is 4. The first-order valence-corrected chi connectivity index (χ1v) is 5.58. The van der Waals surface area contributed by atoms with Crippen LogP contribution < -0.4 is 5.32 Å². The summed E-state index contributed by atoms with van der Waals surface area (Å²) >= 11 is 0. The van der Waals surface area contributed by atoms with Crippen molar-refractivity contribution < 1.29 is 5.11 Å². The molecule has 4 heteroatoms. The van der Waals surface area contributed by atoms with Gasteiger partial charge in [-0.3, -0.25) is 9.97 Å². The van der Waals surface area contributed by atoms with Gasteiger partial charge in [-0.25, -0.2) is 0 Å². The topological polar surface area (TPSA) is 58.0 Å². The van der Waals surface area contributed by atoms with Gasteiger partial charge in [0, 0.05) is 18.9 Å². The monoisotopic (exact) mass is 229 g/mol. The molecule has 0 spiro atoms. The summed E-state index contributed by atoms with van der Waals surface area (Å²) in [7, 11) is 0. The molecule has 0 radical (unpaired) electrons. The fraction of sp³-hybridized carbons (Fsp3) is 0.231. The molecule has 0 saturated carbocycles. The molecule has 0 aromatic carbocycles. The highest BCUT2D eigenvalue weighted by atomic mass is 16.3. The third kappa shape index (κ3) is 3.09. The SMILES string of the molecule is OCCNC(c1ccccn1)c1ccccn1. The minimum atomic E-state index is -0.0791. The van der Waals surface area contributed by atoms with E-state index in [1.165, 1.54) is 0 Å². The molecule has 2 rings (SSSR count). The first-order valence-electron chi connectivity index (χ1n) is 5.58. The van der Waals surface area contributed by atoms with Crippen molar-refractivity contribution in [2.24, 2.45) is 0 Å². The minimum Gasteiger partial charge on any atom is -0.395 e.